The number of benzene rings is 1. The SMILES string of the molecule is COc1ccc(-c2cc(=O)n3cc(C4=CCN(C(=O)O)CC4)cnc3n2)cc1OC. The zero-order chi connectivity index (χ0) is 21.3. The van der Waals surface area contributed by atoms with Gasteiger partial charge in [-0.3, -0.25) is 9.20 Å². The molecule has 3 aromatic rings. The van der Waals surface area contributed by atoms with Crippen LogP contribution in [0.4, 0.5) is 4.79 Å². The Morgan fingerprint density at radius 3 is 2.60 bits per heavy atom. The monoisotopic (exact) mass is 408 g/mol. The molecule has 9 nitrogen and oxygen atoms in total. The fourth-order valence-corrected chi connectivity index (χ4v) is 3.41. The summed E-state index contributed by atoms with van der Waals surface area (Å²) in [5, 5.41) is 9.07. The van der Waals surface area contributed by atoms with Gasteiger partial charge in [0, 0.05) is 42.7 Å². The number of carboxylic acid groups (broad SMARTS) is 1. The van der Waals surface area contributed by atoms with E-state index in [1.54, 1.807) is 44.8 Å². The minimum atomic E-state index is -0.940. The molecule has 30 heavy (non-hydrogen) atoms. The first kappa shape index (κ1) is 19.4. The Kier molecular flexibility index (Phi) is 5.09. The lowest BCUT2D eigenvalue weighted by Crippen LogP contribution is -2.33. The first-order chi connectivity index (χ1) is 14.5. The Morgan fingerprint density at radius 2 is 1.93 bits per heavy atom. The summed E-state index contributed by atoms with van der Waals surface area (Å²) in [4.78, 5) is 34.0. The molecule has 1 aliphatic heterocycles. The van der Waals surface area contributed by atoms with Gasteiger partial charge in [-0.25, -0.2) is 14.8 Å². The van der Waals surface area contributed by atoms with E-state index in [2.05, 4.69) is 9.97 Å². The molecular formula is C21H20N4O5. The number of nitrogens with zero attached hydrogens (tertiary/aromatic N) is 4. The van der Waals surface area contributed by atoms with E-state index in [1.165, 1.54) is 15.4 Å². The van der Waals surface area contributed by atoms with Crippen molar-refractivity contribution in [3.05, 3.63) is 58.7 Å². The summed E-state index contributed by atoms with van der Waals surface area (Å²) in [6.07, 6.45) is 4.81. The Hall–Kier alpha value is -3.88. The highest BCUT2D eigenvalue weighted by Gasteiger charge is 2.18. The molecule has 0 bridgehead atoms. The van der Waals surface area contributed by atoms with Gasteiger partial charge in [0.15, 0.2) is 11.5 Å². The highest BCUT2D eigenvalue weighted by Crippen LogP contribution is 2.31. The molecule has 1 aliphatic rings. The van der Waals surface area contributed by atoms with Crippen LogP contribution in [0.2, 0.25) is 0 Å². The van der Waals surface area contributed by atoms with Gasteiger partial charge in [-0.05, 0) is 30.2 Å². The fraction of sp³-hybridized carbons (Fsp3) is 0.238. The van der Waals surface area contributed by atoms with Gasteiger partial charge in [0.25, 0.3) is 5.56 Å². The van der Waals surface area contributed by atoms with Crippen molar-refractivity contribution in [2.24, 2.45) is 0 Å². The van der Waals surface area contributed by atoms with E-state index in [9.17, 15) is 9.59 Å². The molecule has 9 heteroatoms. The minimum Gasteiger partial charge on any atom is -0.493 e. The Labute approximate surface area is 171 Å². The molecule has 154 valence electrons. The summed E-state index contributed by atoms with van der Waals surface area (Å²) in [7, 11) is 3.10. The van der Waals surface area contributed by atoms with Crippen LogP contribution in [0.5, 0.6) is 11.5 Å². The van der Waals surface area contributed by atoms with E-state index in [-0.39, 0.29) is 11.3 Å². The van der Waals surface area contributed by atoms with Crippen molar-refractivity contribution < 1.29 is 19.4 Å². The summed E-state index contributed by atoms with van der Waals surface area (Å²) < 4.78 is 12.0. The molecule has 0 saturated heterocycles. The number of hydrogen-bond donors (Lipinski definition) is 1. The van der Waals surface area contributed by atoms with Gasteiger partial charge in [0.2, 0.25) is 5.78 Å². The standard InChI is InChI=1S/C21H20N4O5/c1-29-17-4-3-14(9-18(17)30-2)16-10-19(26)25-12-15(11-22-20(25)23-16)13-5-7-24(8-6-13)21(27)28/h3-5,9-12H,6-8H2,1-2H3,(H,27,28). The minimum absolute atomic E-state index is 0.261. The van der Waals surface area contributed by atoms with Crippen molar-refractivity contribution in [2.45, 2.75) is 6.42 Å². The molecule has 0 fully saturated rings. The van der Waals surface area contributed by atoms with Gasteiger partial charge in [0.05, 0.1) is 19.9 Å². The summed E-state index contributed by atoms with van der Waals surface area (Å²) in [5.41, 5.74) is 2.66. The molecule has 0 saturated carbocycles. The van der Waals surface area contributed by atoms with Crippen LogP contribution in [-0.4, -0.2) is 57.8 Å². The third kappa shape index (κ3) is 3.57. The molecule has 0 aliphatic carbocycles. The van der Waals surface area contributed by atoms with Crippen LogP contribution < -0.4 is 15.0 Å². The maximum absolute atomic E-state index is 12.7. The number of fused-ring (bicyclic) bond motifs is 1. The average molecular weight is 408 g/mol. The second-order valence-corrected chi connectivity index (χ2v) is 6.77. The molecule has 0 spiro atoms. The lowest BCUT2D eigenvalue weighted by atomic mass is 10.0. The van der Waals surface area contributed by atoms with Gasteiger partial charge in [0.1, 0.15) is 0 Å². The quantitative estimate of drug-likeness (QED) is 0.707. The predicted octanol–water partition coefficient (Wildman–Crippen LogP) is 2.54. The molecular weight excluding hydrogens is 388 g/mol. The lowest BCUT2D eigenvalue weighted by molar-refractivity contribution is 0.150. The Bertz CT molecular complexity index is 1220. The van der Waals surface area contributed by atoms with Crippen LogP contribution in [0.3, 0.4) is 0 Å². The highest BCUT2D eigenvalue weighted by molar-refractivity contribution is 5.71. The zero-order valence-corrected chi connectivity index (χ0v) is 16.5. The van der Waals surface area contributed by atoms with Crippen LogP contribution in [0.1, 0.15) is 12.0 Å². The van der Waals surface area contributed by atoms with Crippen molar-refractivity contribution >= 4 is 17.4 Å². The molecule has 0 unspecified atom stereocenters. The third-order valence-electron chi connectivity index (χ3n) is 5.05. The smallest absolute Gasteiger partial charge is 0.407 e. The van der Waals surface area contributed by atoms with Gasteiger partial charge in [-0.2, -0.15) is 0 Å². The van der Waals surface area contributed by atoms with Gasteiger partial charge in [-0.1, -0.05) is 6.08 Å². The van der Waals surface area contributed by atoms with Gasteiger partial charge >= 0.3 is 6.09 Å². The van der Waals surface area contributed by atoms with E-state index in [0.717, 1.165) is 11.1 Å². The van der Waals surface area contributed by atoms with Crippen molar-refractivity contribution in [2.75, 3.05) is 27.3 Å². The normalized spacial score (nSPS) is 13.8. The molecule has 1 aromatic carbocycles. The van der Waals surface area contributed by atoms with Gasteiger partial charge in [-0.15, -0.1) is 0 Å². The molecule has 0 radical (unpaired) electrons. The van der Waals surface area contributed by atoms with Crippen molar-refractivity contribution in [1.82, 2.24) is 19.3 Å². The number of hydrogen-bond acceptors (Lipinski definition) is 6. The zero-order valence-electron chi connectivity index (χ0n) is 16.5. The number of carbonyl (C=O) groups is 1. The average Bonchev–Trinajstić information content (AvgIpc) is 2.78. The molecule has 3 heterocycles. The lowest BCUT2D eigenvalue weighted by Gasteiger charge is -2.23. The first-order valence-corrected chi connectivity index (χ1v) is 9.29. The summed E-state index contributed by atoms with van der Waals surface area (Å²) >= 11 is 0. The maximum Gasteiger partial charge on any atom is 0.407 e. The van der Waals surface area contributed by atoms with Crippen LogP contribution in [0, 0.1) is 0 Å². The fourth-order valence-electron chi connectivity index (χ4n) is 3.41. The maximum atomic E-state index is 12.7. The third-order valence-corrected chi connectivity index (χ3v) is 5.05. The number of methoxy groups -OCH3 is 2. The molecule has 0 atom stereocenters. The van der Waals surface area contributed by atoms with Gasteiger partial charge < -0.3 is 19.5 Å². The largest absolute Gasteiger partial charge is 0.493 e. The number of aromatic nitrogens is 3. The second kappa shape index (κ2) is 7.86. The number of amides is 1. The highest BCUT2D eigenvalue weighted by atomic mass is 16.5. The van der Waals surface area contributed by atoms with Crippen LogP contribution in [-0.2, 0) is 0 Å². The van der Waals surface area contributed by atoms with Crippen molar-refractivity contribution in [3.8, 4) is 22.8 Å². The molecule has 4 rings (SSSR count). The summed E-state index contributed by atoms with van der Waals surface area (Å²) in [5.74, 6) is 1.41. The first-order valence-electron chi connectivity index (χ1n) is 9.29. The number of rotatable bonds is 4. The Morgan fingerprint density at radius 1 is 1.13 bits per heavy atom. The predicted molar refractivity (Wildman–Crippen MR) is 110 cm³/mol. The van der Waals surface area contributed by atoms with Crippen molar-refractivity contribution in [3.63, 3.8) is 0 Å². The van der Waals surface area contributed by atoms with Crippen LogP contribution in [0.15, 0.2) is 47.5 Å². The van der Waals surface area contributed by atoms with E-state index in [1.807, 2.05) is 6.08 Å². The van der Waals surface area contributed by atoms with E-state index in [0.29, 0.717) is 42.3 Å². The van der Waals surface area contributed by atoms with E-state index < -0.39 is 6.09 Å². The second-order valence-electron chi connectivity index (χ2n) is 6.77. The topological polar surface area (TPSA) is 106 Å². The van der Waals surface area contributed by atoms with Crippen molar-refractivity contribution in [1.29, 1.82) is 0 Å². The van der Waals surface area contributed by atoms with E-state index >= 15 is 0 Å². The summed E-state index contributed by atoms with van der Waals surface area (Å²) in [6, 6.07) is 6.76. The molecule has 2 aromatic heterocycles. The van der Waals surface area contributed by atoms with E-state index in [4.69, 9.17) is 14.6 Å². The Balaban J connectivity index is 1.70. The molecule has 1 amide bonds. The number of ether oxygens (including phenoxy) is 2. The van der Waals surface area contributed by atoms with Crippen LogP contribution >= 0.6 is 0 Å². The molecule has 1 N–H and O–H groups in total. The summed E-state index contributed by atoms with van der Waals surface area (Å²) in [6.45, 7) is 0.721. The van der Waals surface area contributed by atoms with Crippen LogP contribution in [0.25, 0.3) is 22.6 Å².